The Bertz CT molecular complexity index is 835. The molecule has 0 saturated carbocycles. The van der Waals surface area contributed by atoms with Gasteiger partial charge < -0.3 is 14.7 Å². The van der Waals surface area contributed by atoms with Gasteiger partial charge in [0.1, 0.15) is 5.71 Å². The van der Waals surface area contributed by atoms with Crippen LogP contribution >= 0.6 is 0 Å². The van der Waals surface area contributed by atoms with E-state index in [1.54, 1.807) is 7.11 Å². The molecule has 2 aliphatic rings. The topological polar surface area (TPSA) is 99.5 Å². The number of hydrazone groups is 1. The van der Waals surface area contributed by atoms with Crippen molar-refractivity contribution >= 4 is 29.2 Å². The van der Waals surface area contributed by atoms with Crippen LogP contribution in [-0.4, -0.2) is 59.3 Å². The zero-order valence-corrected chi connectivity index (χ0v) is 16.3. The van der Waals surface area contributed by atoms with Crippen molar-refractivity contribution in [3.63, 3.8) is 0 Å². The molecule has 8 nitrogen and oxygen atoms in total. The van der Waals surface area contributed by atoms with E-state index in [1.807, 2.05) is 32.0 Å². The number of likely N-dealkylation sites (tertiary alicyclic amines) is 1. The second-order valence-electron chi connectivity index (χ2n) is 7.34. The lowest BCUT2D eigenvalue weighted by Crippen LogP contribution is -2.44. The predicted molar refractivity (Wildman–Crippen MR) is 103 cm³/mol. The van der Waals surface area contributed by atoms with Crippen LogP contribution in [0, 0.1) is 13.8 Å². The zero-order valence-electron chi connectivity index (χ0n) is 16.3. The van der Waals surface area contributed by atoms with Crippen molar-refractivity contribution in [2.24, 2.45) is 5.10 Å². The third-order valence-electron chi connectivity index (χ3n) is 5.25. The number of rotatable bonds is 5. The van der Waals surface area contributed by atoms with Gasteiger partial charge in [-0.3, -0.25) is 14.4 Å². The number of carboxylic acids is 1. The van der Waals surface area contributed by atoms with Crippen molar-refractivity contribution in [2.75, 3.05) is 18.7 Å². The number of hydrogen-bond donors (Lipinski definition) is 1. The average molecular weight is 387 g/mol. The molecule has 1 saturated heterocycles. The van der Waals surface area contributed by atoms with E-state index in [9.17, 15) is 14.4 Å². The first-order chi connectivity index (χ1) is 13.3. The maximum Gasteiger partial charge on any atom is 0.305 e. The van der Waals surface area contributed by atoms with Crippen LogP contribution in [0.2, 0.25) is 0 Å². The minimum Gasteiger partial charge on any atom is -0.481 e. The van der Waals surface area contributed by atoms with Crippen LogP contribution in [0.4, 0.5) is 5.69 Å². The molecule has 0 spiro atoms. The number of aryl methyl sites for hydroxylation is 2. The first-order valence-electron chi connectivity index (χ1n) is 9.33. The Labute approximate surface area is 163 Å². The number of anilines is 1. The summed E-state index contributed by atoms with van der Waals surface area (Å²) < 4.78 is 5.34. The lowest BCUT2D eigenvalue weighted by molar-refractivity contribution is -0.138. The first kappa shape index (κ1) is 20.0. The smallest absolute Gasteiger partial charge is 0.305 e. The van der Waals surface area contributed by atoms with Crippen LogP contribution in [0.25, 0.3) is 0 Å². The third kappa shape index (κ3) is 4.06. The monoisotopic (exact) mass is 387 g/mol. The number of benzene rings is 1. The fourth-order valence-corrected chi connectivity index (χ4v) is 3.70. The van der Waals surface area contributed by atoms with Crippen molar-refractivity contribution in [1.82, 2.24) is 4.90 Å². The van der Waals surface area contributed by atoms with Crippen LogP contribution in [0.3, 0.4) is 0 Å². The SMILES string of the molecule is COC1CC(CC(=O)O)N(C(=O)C2=NN(c3cc(C)ccc3C)C(=O)CC2)C1. The van der Waals surface area contributed by atoms with Crippen molar-refractivity contribution in [3.8, 4) is 0 Å². The number of carbonyl (C=O) groups excluding carboxylic acids is 2. The summed E-state index contributed by atoms with van der Waals surface area (Å²) >= 11 is 0. The van der Waals surface area contributed by atoms with Gasteiger partial charge in [-0.1, -0.05) is 12.1 Å². The van der Waals surface area contributed by atoms with Gasteiger partial charge in [-0.25, -0.2) is 5.01 Å². The van der Waals surface area contributed by atoms with E-state index in [-0.39, 0.29) is 42.9 Å². The van der Waals surface area contributed by atoms with Crippen molar-refractivity contribution in [2.45, 2.75) is 51.7 Å². The number of carbonyl (C=O) groups is 3. The summed E-state index contributed by atoms with van der Waals surface area (Å²) in [4.78, 5) is 38.3. The van der Waals surface area contributed by atoms with E-state index in [2.05, 4.69) is 5.10 Å². The standard InChI is InChI=1S/C20H25N3O5/c1-12-4-5-13(2)17(8-12)23-18(24)7-6-16(21-23)20(27)22-11-15(28-3)9-14(22)10-19(25)26/h4-5,8,14-15H,6-7,9-11H2,1-3H3,(H,25,26). The molecular formula is C20H25N3O5. The average Bonchev–Trinajstić information content (AvgIpc) is 3.06. The highest BCUT2D eigenvalue weighted by atomic mass is 16.5. The molecule has 2 heterocycles. The number of nitrogens with zero attached hydrogens (tertiary/aromatic N) is 3. The molecule has 1 aromatic rings. The molecule has 150 valence electrons. The molecule has 2 unspecified atom stereocenters. The first-order valence-corrected chi connectivity index (χ1v) is 9.33. The molecule has 2 atom stereocenters. The molecule has 28 heavy (non-hydrogen) atoms. The molecule has 1 aromatic carbocycles. The van der Waals surface area contributed by atoms with Gasteiger partial charge in [0.25, 0.3) is 5.91 Å². The Balaban J connectivity index is 1.89. The Morgan fingerprint density at radius 2 is 2.04 bits per heavy atom. The number of ether oxygens (including phenoxy) is 1. The molecule has 0 aromatic heterocycles. The zero-order chi connectivity index (χ0) is 20.4. The van der Waals surface area contributed by atoms with Crippen LogP contribution in [0.1, 0.15) is 36.8 Å². The van der Waals surface area contributed by atoms with Crippen LogP contribution in [-0.2, 0) is 19.1 Å². The molecule has 0 aliphatic carbocycles. The second kappa shape index (κ2) is 8.10. The van der Waals surface area contributed by atoms with E-state index in [0.29, 0.717) is 18.7 Å². The Kier molecular flexibility index (Phi) is 5.79. The maximum absolute atomic E-state index is 13.1. The largest absolute Gasteiger partial charge is 0.481 e. The van der Waals surface area contributed by atoms with Crippen LogP contribution in [0.5, 0.6) is 0 Å². The number of amides is 2. The minimum atomic E-state index is -0.961. The summed E-state index contributed by atoms with van der Waals surface area (Å²) in [6.45, 7) is 4.14. The quantitative estimate of drug-likeness (QED) is 0.832. The molecular weight excluding hydrogens is 362 g/mol. The lowest BCUT2D eigenvalue weighted by Gasteiger charge is -2.28. The highest BCUT2D eigenvalue weighted by Gasteiger charge is 2.39. The summed E-state index contributed by atoms with van der Waals surface area (Å²) in [6.07, 6.45) is 0.560. The van der Waals surface area contributed by atoms with E-state index < -0.39 is 12.0 Å². The molecule has 2 amide bonds. The maximum atomic E-state index is 13.1. The molecule has 1 N–H and O–H groups in total. The van der Waals surface area contributed by atoms with E-state index in [1.165, 1.54) is 9.91 Å². The van der Waals surface area contributed by atoms with Crippen molar-refractivity contribution in [1.29, 1.82) is 0 Å². The molecule has 3 rings (SSSR count). The molecule has 0 bridgehead atoms. The predicted octanol–water partition coefficient (Wildman–Crippen LogP) is 1.88. The van der Waals surface area contributed by atoms with Gasteiger partial charge in [-0.2, -0.15) is 5.10 Å². The van der Waals surface area contributed by atoms with Gasteiger partial charge >= 0.3 is 5.97 Å². The summed E-state index contributed by atoms with van der Waals surface area (Å²) in [6, 6.07) is 5.29. The van der Waals surface area contributed by atoms with Gasteiger partial charge in [0.05, 0.1) is 18.2 Å². The highest BCUT2D eigenvalue weighted by molar-refractivity contribution is 6.40. The fourth-order valence-electron chi connectivity index (χ4n) is 3.70. The van der Waals surface area contributed by atoms with E-state index in [4.69, 9.17) is 9.84 Å². The number of carboxylic acid groups (broad SMARTS) is 1. The third-order valence-corrected chi connectivity index (χ3v) is 5.25. The van der Waals surface area contributed by atoms with Crippen LogP contribution < -0.4 is 5.01 Å². The fraction of sp³-hybridized carbons (Fsp3) is 0.500. The highest BCUT2D eigenvalue weighted by Crippen LogP contribution is 2.28. The summed E-state index contributed by atoms with van der Waals surface area (Å²) in [5.74, 6) is -1.45. The van der Waals surface area contributed by atoms with E-state index >= 15 is 0 Å². The summed E-state index contributed by atoms with van der Waals surface area (Å²) in [5.41, 5.74) is 2.81. The minimum absolute atomic E-state index is 0.140. The molecule has 2 aliphatic heterocycles. The van der Waals surface area contributed by atoms with Crippen LogP contribution in [0.15, 0.2) is 23.3 Å². The van der Waals surface area contributed by atoms with Crippen molar-refractivity contribution < 1.29 is 24.2 Å². The van der Waals surface area contributed by atoms with Gasteiger partial charge in [-0.05, 0) is 37.5 Å². The lowest BCUT2D eigenvalue weighted by atomic mass is 10.1. The van der Waals surface area contributed by atoms with E-state index in [0.717, 1.165) is 11.1 Å². The van der Waals surface area contributed by atoms with Gasteiger partial charge in [-0.15, -0.1) is 0 Å². The Morgan fingerprint density at radius 1 is 1.29 bits per heavy atom. The van der Waals surface area contributed by atoms with Gasteiger partial charge in [0.15, 0.2) is 0 Å². The van der Waals surface area contributed by atoms with Gasteiger partial charge in [0, 0.05) is 32.5 Å². The second-order valence-corrected chi connectivity index (χ2v) is 7.34. The Hall–Kier alpha value is -2.74. The molecule has 1 fully saturated rings. The number of hydrogen-bond acceptors (Lipinski definition) is 5. The normalized spacial score (nSPS) is 22.4. The molecule has 0 radical (unpaired) electrons. The van der Waals surface area contributed by atoms with Gasteiger partial charge in [0.2, 0.25) is 5.91 Å². The summed E-state index contributed by atoms with van der Waals surface area (Å²) in [7, 11) is 1.55. The molecule has 8 heteroatoms. The van der Waals surface area contributed by atoms with Crippen molar-refractivity contribution in [3.05, 3.63) is 29.3 Å². The number of aliphatic carboxylic acids is 1. The number of methoxy groups -OCH3 is 1. The summed E-state index contributed by atoms with van der Waals surface area (Å²) in [5, 5.41) is 14.8. The Morgan fingerprint density at radius 3 is 2.71 bits per heavy atom.